The van der Waals surface area contributed by atoms with Crippen molar-refractivity contribution in [3.05, 3.63) is 35.6 Å². The summed E-state index contributed by atoms with van der Waals surface area (Å²) in [4.78, 5) is 22.3. The SMILES string of the molecule is CC(=O)NCC(=O)N[C@@H]1CC[C@H](c2ccc(F)cc2)C1. The molecule has 2 rings (SSSR count). The van der Waals surface area contributed by atoms with Crippen molar-refractivity contribution < 1.29 is 14.0 Å². The van der Waals surface area contributed by atoms with E-state index in [0.29, 0.717) is 5.92 Å². The maximum atomic E-state index is 12.9. The van der Waals surface area contributed by atoms with Gasteiger partial charge in [0.15, 0.2) is 0 Å². The number of hydrogen-bond acceptors (Lipinski definition) is 2. The van der Waals surface area contributed by atoms with Crippen molar-refractivity contribution in [2.45, 2.75) is 38.1 Å². The predicted octanol–water partition coefficient (Wildman–Crippen LogP) is 1.71. The molecule has 0 bridgehead atoms. The number of nitrogens with one attached hydrogen (secondary N) is 2. The Morgan fingerprint density at radius 3 is 2.60 bits per heavy atom. The molecule has 1 aromatic carbocycles. The molecule has 1 fully saturated rings. The molecule has 1 aliphatic carbocycles. The Morgan fingerprint density at radius 1 is 1.25 bits per heavy atom. The topological polar surface area (TPSA) is 58.2 Å². The van der Waals surface area contributed by atoms with Crippen LogP contribution in [0.1, 0.15) is 37.7 Å². The summed E-state index contributed by atoms with van der Waals surface area (Å²) in [6, 6.07) is 6.69. The number of hydrogen-bond donors (Lipinski definition) is 2. The fraction of sp³-hybridized carbons (Fsp3) is 0.467. The minimum absolute atomic E-state index is 0.0209. The molecule has 2 amide bonds. The van der Waals surface area contributed by atoms with Gasteiger partial charge in [-0.15, -0.1) is 0 Å². The van der Waals surface area contributed by atoms with Gasteiger partial charge in [-0.3, -0.25) is 9.59 Å². The van der Waals surface area contributed by atoms with E-state index in [1.54, 1.807) is 0 Å². The van der Waals surface area contributed by atoms with Crippen molar-refractivity contribution in [3.63, 3.8) is 0 Å². The van der Waals surface area contributed by atoms with Crippen LogP contribution in [0.3, 0.4) is 0 Å². The van der Waals surface area contributed by atoms with E-state index in [9.17, 15) is 14.0 Å². The Hall–Kier alpha value is -1.91. The van der Waals surface area contributed by atoms with Crippen LogP contribution in [0.15, 0.2) is 24.3 Å². The largest absolute Gasteiger partial charge is 0.352 e. The average Bonchev–Trinajstić information content (AvgIpc) is 2.85. The standard InChI is InChI=1S/C15H19FN2O2/c1-10(19)17-9-15(20)18-14-7-4-12(8-14)11-2-5-13(16)6-3-11/h2-3,5-6,12,14H,4,7-9H2,1H3,(H,17,19)(H,18,20)/t12-,14+/m0/s1. The second-order valence-electron chi connectivity index (χ2n) is 5.24. The van der Waals surface area contributed by atoms with Gasteiger partial charge in [0.2, 0.25) is 11.8 Å². The van der Waals surface area contributed by atoms with Gasteiger partial charge in [0.25, 0.3) is 0 Å². The van der Waals surface area contributed by atoms with Crippen LogP contribution >= 0.6 is 0 Å². The van der Waals surface area contributed by atoms with Crippen molar-refractivity contribution in [3.8, 4) is 0 Å². The second-order valence-corrected chi connectivity index (χ2v) is 5.24. The number of carbonyl (C=O) groups is 2. The molecule has 2 N–H and O–H groups in total. The third-order valence-electron chi connectivity index (χ3n) is 3.64. The van der Waals surface area contributed by atoms with E-state index in [0.717, 1.165) is 24.8 Å². The van der Waals surface area contributed by atoms with Gasteiger partial charge in [0, 0.05) is 13.0 Å². The Labute approximate surface area is 117 Å². The van der Waals surface area contributed by atoms with Crippen LogP contribution in [0.2, 0.25) is 0 Å². The molecule has 0 unspecified atom stereocenters. The van der Waals surface area contributed by atoms with Crippen molar-refractivity contribution >= 4 is 11.8 Å². The highest BCUT2D eigenvalue weighted by Crippen LogP contribution is 2.34. The molecule has 108 valence electrons. The Morgan fingerprint density at radius 2 is 1.95 bits per heavy atom. The van der Waals surface area contributed by atoms with Crippen LogP contribution in [0.25, 0.3) is 0 Å². The molecule has 0 spiro atoms. The normalized spacial score (nSPS) is 21.5. The fourth-order valence-electron chi connectivity index (χ4n) is 2.63. The summed E-state index contributed by atoms with van der Waals surface area (Å²) in [5.41, 5.74) is 1.12. The quantitative estimate of drug-likeness (QED) is 0.881. The van der Waals surface area contributed by atoms with E-state index < -0.39 is 0 Å². The Bertz CT molecular complexity index is 487. The van der Waals surface area contributed by atoms with Gasteiger partial charge in [0.1, 0.15) is 5.82 Å². The number of halogens is 1. The van der Waals surface area contributed by atoms with Gasteiger partial charge in [-0.25, -0.2) is 4.39 Å². The summed E-state index contributed by atoms with van der Waals surface area (Å²) in [6.07, 6.45) is 2.75. The van der Waals surface area contributed by atoms with Gasteiger partial charge < -0.3 is 10.6 Å². The van der Waals surface area contributed by atoms with Gasteiger partial charge >= 0.3 is 0 Å². The first-order valence-electron chi connectivity index (χ1n) is 6.84. The minimum atomic E-state index is -0.230. The molecule has 2 atom stereocenters. The summed E-state index contributed by atoms with van der Waals surface area (Å²) in [7, 11) is 0. The summed E-state index contributed by atoms with van der Waals surface area (Å²) < 4.78 is 12.9. The lowest BCUT2D eigenvalue weighted by Crippen LogP contribution is -2.40. The molecule has 0 radical (unpaired) electrons. The van der Waals surface area contributed by atoms with E-state index in [-0.39, 0.29) is 30.2 Å². The van der Waals surface area contributed by atoms with Gasteiger partial charge in [-0.1, -0.05) is 12.1 Å². The summed E-state index contributed by atoms with van der Waals surface area (Å²) in [5.74, 6) is -0.241. The zero-order valence-corrected chi connectivity index (χ0v) is 11.5. The van der Waals surface area contributed by atoms with Crippen molar-refractivity contribution in [1.29, 1.82) is 0 Å². The molecule has 4 nitrogen and oxygen atoms in total. The van der Waals surface area contributed by atoms with Gasteiger partial charge in [-0.05, 0) is 42.9 Å². The highest BCUT2D eigenvalue weighted by Gasteiger charge is 2.26. The third-order valence-corrected chi connectivity index (χ3v) is 3.64. The van der Waals surface area contributed by atoms with E-state index >= 15 is 0 Å². The first-order chi connectivity index (χ1) is 9.54. The lowest BCUT2D eigenvalue weighted by atomic mass is 9.97. The van der Waals surface area contributed by atoms with Gasteiger partial charge in [0.05, 0.1) is 6.54 Å². The van der Waals surface area contributed by atoms with Crippen molar-refractivity contribution in [1.82, 2.24) is 10.6 Å². The van der Waals surface area contributed by atoms with Crippen LogP contribution in [0, 0.1) is 5.82 Å². The van der Waals surface area contributed by atoms with Crippen LogP contribution in [-0.4, -0.2) is 24.4 Å². The Balaban J connectivity index is 1.81. The first kappa shape index (κ1) is 14.5. The lowest BCUT2D eigenvalue weighted by molar-refractivity contribution is -0.125. The minimum Gasteiger partial charge on any atom is -0.352 e. The number of benzene rings is 1. The molecule has 0 heterocycles. The van der Waals surface area contributed by atoms with Crippen LogP contribution < -0.4 is 10.6 Å². The van der Waals surface area contributed by atoms with Crippen LogP contribution in [0.5, 0.6) is 0 Å². The molecule has 0 aliphatic heterocycles. The summed E-state index contributed by atoms with van der Waals surface area (Å²) in [6.45, 7) is 1.40. The maximum Gasteiger partial charge on any atom is 0.239 e. The second kappa shape index (κ2) is 6.50. The first-order valence-corrected chi connectivity index (χ1v) is 6.84. The van der Waals surface area contributed by atoms with E-state index in [1.165, 1.54) is 19.1 Å². The lowest BCUT2D eigenvalue weighted by Gasteiger charge is -2.14. The molecular formula is C15H19FN2O2. The highest BCUT2D eigenvalue weighted by atomic mass is 19.1. The Kier molecular flexibility index (Phi) is 4.71. The number of rotatable bonds is 4. The van der Waals surface area contributed by atoms with E-state index in [2.05, 4.69) is 10.6 Å². The summed E-state index contributed by atoms with van der Waals surface area (Å²) in [5, 5.41) is 5.39. The molecular weight excluding hydrogens is 259 g/mol. The number of carbonyl (C=O) groups excluding carboxylic acids is 2. The molecule has 1 aromatic rings. The van der Waals surface area contributed by atoms with Crippen molar-refractivity contribution in [2.75, 3.05) is 6.54 Å². The van der Waals surface area contributed by atoms with E-state index in [1.807, 2.05) is 12.1 Å². The zero-order chi connectivity index (χ0) is 14.5. The molecule has 5 heteroatoms. The van der Waals surface area contributed by atoms with Crippen molar-refractivity contribution in [2.24, 2.45) is 0 Å². The smallest absolute Gasteiger partial charge is 0.239 e. The van der Waals surface area contributed by atoms with Gasteiger partial charge in [-0.2, -0.15) is 0 Å². The van der Waals surface area contributed by atoms with Crippen LogP contribution in [0.4, 0.5) is 4.39 Å². The zero-order valence-electron chi connectivity index (χ0n) is 11.5. The number of amides is 2. The highest BCUT2D eigenvalue weighted by molar-refractivity contribution is 5.83. The third kappa shape index (κ3) is 4.05. The van der Waals surface area contributed by atoms with E-state index in [4.69, 9.17) is 0 Å². The fourth-order valence-corrected chi connectivity index (χ4v) is 2.63. The predicted molar refractivity (Wildman–Crippen MR) is 73.6 cm³/mol. The summed E-state index contributed by atoms with van der Waals surface area (Å²) >= 11 is 0. The maximum absolute atomic E-state index is 12.9. The molecule has 20 heavy (non-hydrogen) atoms. The molecule has 1 saturated carbocycles. The monoisotopic (exact) mass is 278 g/mol. The average molecular weight is 278 g/mol. The molecule has 1 aliphatic rings. The molecule has 0 saturated heterocycles. The molecule has 0 aromatic heterocycles. The van der Waals surface area contributed by atoms with Crippen LogP contribution in [-0.2, 0) is 9.59 Å².